The first-order valence-corrected chi connectivity index (χ1v) is 6.19. The maximum atomic E-state index is 12.0. The third-order valence-electron chi connectivity index (χ3n) is 2.99. The molecule has 0 fully saturated rings. The van der Waals surface area contributed by atoms with E-state index in [0.717, 1.165) is 12.0 Å². The topological polar surface area (TPSA) is 66.4 Å². The molecule has 2 N–H and O–H groups in total. The molecular weight excluding hydrogens is 230 g/mol. The minimum absolute atomic E-state index is 0.169. The Morgan fingerprint density at radius 2 is 1.94 bits per heavy atom. The van der Waals surface area contributed by atoms with E-state index in [1.165, 1.54) is 0 Å². The van der Waals surface area contributed by atoms with Gasteiger partial charge in [-0.3, -0.25) is 9.59 Å². The second kappa shape index (κ2) is 6.79. The van der Waals surface area contributed by atoms with Gasteiger partial charge in [0.15, 0.2) is 0 Å². The Kier molecular flexibility index (Phi) is 5.36. The maximum absolute atomic E-state index is 12.0. The number of amides is 1. The molecule has 1 rings (SSSR count). The summed E-state index contributed by atoms with van der Waals surface area (Å²) >= 11 is 0. The number of carboxylic acids is 1. The van der Waals surface area contributed by atoms with Crippen LogP contribution in [0.25, 0.3) is 0 Å². The van der Waals surface area contributed by atoms with Crippen LogP contribution in [0.4, 0.5) is 0 Å². The van der Waals surface area contributed by atoms with E-state index in [1.54, 1.807) is 13.0 Å². The van der Waals surface area contributed by atoms with E-state index < -0.39 is 11.9 Å². The highest BCUT2D eigenvalue weighted by atomic mass is 16.4. The van der Waals surface area contributed by atoms with Crippen LogP contribution < -0.4 is 5.32 Å². The normalized spacial score (nSPS) is 11.9. The SMILES string of the molecule is CCc1ccccc1C(=O)NCC(CC)C(=O)O. The van der Waals surface area contributed by atoms with E-state index in [9.17, 15) is 9.59 Å². The molecule has 1 amide bonds. The third-order valence-corrected chi connectivity index (χ3v) is 2.99. The monoisotopic (exact) mass is 249 g/mol. The van der Waals surface area contributed by atoms with Crippen molar-refractivity contribution in [2.24, 2.45) is 5.92 Å². The number of hydrogen-bond acceptors (Lipinski definition) is 2. The summed E-state index contributed by atoms with van der Waals surface area (Å²) in [4.78, 5) is 22.8. The molecule has 0 saturated carbocycles. The van der Waals surface area contributed by atoms with Gasteiger partial charge in [0, 0.05) is 12.1 Å². The van der Waals surface area contributed by atoms with E-state index in [-0.39, 0.29) is 12.5 Å². The summed E-state index contributed by atoms with van der Waals surface area (Å²) in [6.45, 7) is 3.95. The third kappa shape index (κ3) is 3.58. The van der Waals surface area contributed by atoms with Gasteiger partial charge in [0.1, 0.15) is 0 Å². The minimum atomic E-state index is -0.874. The van der Waals surface area contributed by atoms with Crippen molar-refractivity contribution in [2.45, 2.75) is 26.7 Å². The number of carbonyl (C=O) groups is 2. The molecule has 4 nitrogen and oxygen atoms in total. The molecule has 0 aliphatic heterocycles. The van der Waals surface area contributed by atoms with Crippen LogP contribution in [0.15, 0.2) is 24.3 Å². The molecule has 0 aliphatic rings. The lowest BCUT2D eigenvalue weighted by Gasteiger charge is -2.12. The Morgan fingerprint density at radius 3 is 2.50 bits per heavy atom. The van der Waals surface area contributed by atoms with Gasteiger partial charge in [0.2, 0.25) is 0 Å². The molecule has 0 bridgehead atoms. The van der Waals surface area contributed by atoms with Gasteiger partial charge in [0.05, 0.1) is 5.92 Å². The average molecular weight is 249 g/mol. The van der Waals surface area contributed by atoms with Gasteiger partial charge in [-0.1, -0.05) is 32.0 Å². The van der Waals surface area contributed by atoms with Gasteiger partial charge in [-0.2, -0.15) is 0 Å². The van der Waals surface area contributed by atoms with Crippen LogP contribution in [0.1, 0.15) is 36.2 Å². The number of aryl methyl sites for hydroxylation is 1. The van der Waals surface area contributed by atoms with Gasteiger partial charge in [-0.15, -0.1) is 0 Å². The van der Waals surface area contributed by atoms with E-state index in [4.69, 9.17) is 5.11 Å². The first-order valence-electron chi connectivity index (χ1n) is 6.19. The number of rotatable bonds is 6. The molecule has 0 aromatic heterocycles. The predicted molar refractivity (Wildman–Crippen MR) is 69.6 cm³/mol. The molecule has 98 valence electrons. The Hall–Kier alpha value is -1.84. The van der Waals surface area contributed by atoms with Crippen LogP contribution in [0.3, 0.4) is 0 Å². The molecule has 18 heavy (non-hydrogen) atoms. The Balaban J connectivity index is 2.68. The number of carbonyl (C=O) groups excluding carboxylic acids is 1. The first kappa shape index (κ1) is 14.2. The molecule has 0 spiro atoms. The van der Waals surface area contributed by atoms with Crippen molar-refractivity contribution in [3.8, 4) is 0 Å². The van der Waals surface area contributed by atoms with E-state index in [1.807, 2.05) is 25.1 Å². The molecule has 1 atom stereocenters. The van der Waals surface area contributed by atoms with E-state index in [2.05, 4.69) is 5.32 Å². The van der Waals surface area contributed by atoms with Crippen molar-refractivity contribution in [1.82, 2.24) is 5.32 Å². The number of carboxylic acid groups (broad SMARTS) is 1. The smallest absolute Gasteiger partial charge is 0.308 e. The van der Waals surface area contributed by atoms with Crippen molar-refractivity contribution in [1.29, 1.82) is 0 Å². The quantitative estimate of drug-likeness (QED) is 0.811. The summed E-state index contributed by atoms with van der Waals surface area (Å²) in [7, 11) is 0. The molecule has 0 radical (unpaired) electrons. The largest absolute Gasteiger partial charge is 0.481 e. The fraction of sp³-hybridized carbons (Fsp3) is 0.429. The average Bonchev–Trinajstić information content (AvgIpc) is 2.38. The van der Waals surface area contributed by atoms with Crippen molar-refractivity contribution in [3.05, 3.63) is 35.4 Å². The van der Waals surface area contributed by atoms with Crippen LogP contribution in [0, 0.1) is 5.92 Å². The zero-order valence-corrected chi connectivity index (χ0v) is 10.8. The summed E-state index contributed by atoms with van der Waals surface area (Å²) in [6.07, 6.45) is 1.28. The molecule has 0 aliphatic carbocycles. The molecule has 0 saturated heterocycles. The molecule has 1 aromatic carbocycles. The van der Waals surface area contributed by atoms with Crippen molar-refractivity contribution in [3.63, 3.8) is 0 Å². The Labute approximate surface area is 107 Å². The summed E-state index contributed by atoms with van der Waals surface area (Å²) in [5, 5.41) is 11.6. The van der Waals surface area contributed by atoms with Crippen molar-refractivity contribution in [2.75, 3.05) is 6.54 Å². The second-order valence-electron chi connectivity index (χ2n) is 4.16. The fourth-order valence-electron chi connectivity index (χ4n) is 1.77. The predicted octanol–water partition coefficient (Wildman–Crippen LogP) is 2.09. The van der Waals surface area contributed by atoms with Gasteiger partial charge < -0.3 is 10.4 Å². The standard InChI is InChI=1S/C14H19NO3/c1-3-10-7-5-6-8-12(10)13(16)15-9-11(4-2)14(17)18/h5-8,11H,3-4,9H2,1-2H3,(H,15,16)(H,17,18). The highest BCUT2D eigenvalue weighted by Gasteiger charge is 2.17. The highest BCUT2D eigenvalue weighted by molar-refractivity contribution is 5.95. The Bertz CT molecular complexity index is 429. The number of benzene rings is 1. The van der Waals surface area contributed by atoms with Crippen molar-refractivity contribution < 1.29 is 14.7 Å². The first-order chi connectivity index (χ1) is 8.60. The summed E-state index contributed by atoms with van der Waals surface area (Å²) in [5.41, 5.74) is 1.60. The Morgan fingerprint density at radius 1 is 1.28 bits per heavy atom. The summed E-state index contributed by atoms with van der Waals surface area (Å²) in [6, 6.07) is 7.36. The minimum Gasteiger partial charge on any atom is -0.481 e. The highest BCUT2D eigenvalue weighted by Crippen LogP contribution is 2.09. The zero-order valence-electron chi connectivity index (χ0n) is 10.8. The number of aliphatic carboxylic acids is 1. The lowest BCUT2D eigenvalue weighted by Crippen LogP contribution is -2.33. The second-order valence-corrected chi connectivity index (χ2v) is 4.16. The lowest BCUT2D eigenvalue weighted by molar-refractivity contribution is -0.141. The van der Waals surface area contributed by atoms with E-state index in [0.29, 0.717) is 12.0 Å². The molecule has 0 heterocycles. The van der Waals surface area contributed by atoms with Crippen LogP contribution in [-0.4, -0.2) is 23.5 Å². The lowest BCUT2D eigenvalue weighted by atomic mass is 10.0. The number of hydrogen-bond donors (Lipinski definition) is 2. The van der Waals surface area contributed by atoms with Gasteiger partial charge >= 0.3 is 5.97 Å². The van der Waals surface area contributed by atoms with Gasteiger partial charge in [-0.25, -0.2) is 0 Å². The number of nitrogens with one attached hydrogen (secondary N) is 1. The summed E-state index contributed by atoms with van der Waals surface area (Å²) in [5.74, 6) is -1.60. The molecule has 4 heteroatoms. The van der Waals surface area contributed by atoms with Gasteiger partial charge in [0.25, 0.3) is 5.91 Å². The van der Waals surface area contributed by atoms with E-state index >= 15 is 0 Å². The van der Waals surface area contributed by atoms with Crippen LogP contribution in [0.5, 0.6) is 0 Å². The van der Waals surface area contributed by atoms with Crippen molar-refractivity contribution >= 4 is 11.9 Å². The molecule has 1 unspecified atom stereocenters. The van der Waals surface area contributed by atoms with Gasteiger partial charge in [-0.05, 0) is 24.5 Å². The molecule has 1 aromatic rings. The maximum Gasteiger partial charge on any atom is 0.308 e. The summed E-state index contributed by atoms with van der Waals surface area (Å²) < 4.78 is 0. The zero-order chi connectivity index (χ0) is 13.5. The van der Waals surface area contributed by atoms with Crippen LogP contribution in [-0.2, 0) is 11.2 Å². The molecular formula is C14H19NO3. The van der Waals surface area contributed by atoms with Crippen LogP contribution >= 0.6 is 0 Å². The fourth-order valence-corrected chi connectivity index (χ4v) is 1.77. The van der Waals surface area contributed by atoms with Crippen LogP contribution in [0.2, 0.25) is 0 Å².